The molecule has 2 aromatic heterocycles. The number of fused-ring (bicyclic) bond motifs is 1. The second kappa shape index (κ2) is 5.59. The van der Waals surface area contributed by atoms with E-state index >= 15 is 0 Å². The molecule has 2 aromatic rings. The average molecular weight is 275 g/mol. The molecule has 0 saturated heterocycles. The Morgan fingerprint density at radius 3 is 3.16 bits per heavy atom. The highest BCUT2D eigenvalue weighted by molar-refractivity contribution is 7.15. The minimum Gasteiger partial charge on any atom is -0.472 e. The molecule has 5 heteroatoms. The first-order valence-corrected chi connectivity index (χ1v) is 7.28. The van der Waals surface area contributed by atoms with E-state index in [1.807, 2.05) is 6.07 Å². The van der Waals surface area contributed by atoms with Crippen molar-refractivity contribution >= 4 is 22.5 Å². The van der Waals surface area contributed by atoms with Crippen LogP contribution in [0.4, 0.5) is 5.13 Å². The van der Waals surface area contributed by atoms with E-state index in [4.69, 9.17) is 10.2 Å². The van der Waals surface area contributed by atoms with Crippen LogP contribution in [-0.4, -0.2) is 29.5 Å². The molecular weight excluding hydrogens is 258 g/mol. The summed E-state index contributed by atoms with van der Waals surface area (Å²) in [6.07, 6.45) is 9.79. The molecule has 0 amide bonds. The first-order valence-electron chi connectivity index (χ1n) is 6.46. The van der Waals surface area contributed by atoms with E-state index in [9.17, 15) is 0 Å². The van der Waals surface area contributed by atoms with Gasteiger partial charge < -0.3 is 10.2 Å². The smallest absolute Gasteiger partial charge is 0.180 e. The van der Waals surface area contributed by atoms with Crippen molar-refractivity contribution in [3.8, 4) is 0 Å². The van der Waals surface area contributed by atoms with Crippen LogP contribution in [-0.2, 0) is 12.8 Å². The molecule has 19 heavy (non-hydrogen) atoms. The van der Waals surface area contributed by atoms with E-state index in [-0.39, 0.29) is 0 Å². The van der Waals surface area contributed by atoms with Crippen LogP contribution in [0.2, 0.25) is 0 Å². The number of hydrogen-bond donors (Lipinski definition) is 1. The highest BCUT2D eigenvalue weighted by Crippen LogP contribution is 2.24. The van der Waals surface area contributed by atoms with E-state index in [1.54, 1.807) is 23.9 Å². The number of nitrogen functional groups attached to an aromatic ring is 1. The molecule has 0 saturated carbocycles. The number of nitrogens with two attached hydrogens (primary N) is 1. The molecule has 3 heterocycles. The van der Waals surface area contributed by atoms with Crippen molar-refractivity contribution in [2.75, 3.05) is 25.4 Å². The number of nitrogens with zero attached hydrogens (tertiary/aromatic N) is 2. The molecule has 3 rings (SSSR count). The maximum absolute atomic E-state index is 5.75. The van der Waals surface area contributed by atoms with Crippen LogP contribution >= 0.6 is 11.3 Å². The van der Waals surface area contributed by atoms with Crippen molar-refractivity contribution < 1.29 is 4.42 Å². The van der Waals surface area contributed by atoms with Gasteiger partial charge in [0.2, 0.25) is 0 Å². The minimum atomic E-state index is 0.707. The van der Waals surface area contributed by atoms with E-state index in [0.717, 1.165) is 38.0 Å². The third-order valence-corrected chi connectivity index (χ3v) is 4.32. The Morgan fingerprint density at radius 2 is 2.32 bits per heavy atom. The van der Waals surface area contributed by atoms with Crippen LogP contribution in [0.25, 0.3) is 6.08 Å². The molecule has 0 spiro atoms. The molecule has 1 aliphatic rings. The molecule has 0 aliphatic carbocycles. The minimum absolute atomic E-state index is 0.707. The molecule has 0 radical (unpaired) electrons. The zero-order valence-corrected chi connectivity index (χ0v) is 11.5. The van der Waals surface area contributed by atoms with Gasteiger partial charge in [0, 0.05) is 36.5 Å². The first-order chi connectivity index (χ1) is 9.31. The zero-order valence-electron chi connectivity index (χ0n) is 10.7. The van der Waals surface area contributed by atoms with E-state index < -0.39 is 0 Å². The van der Waals surface area contributed by atoms with Crippen LogP contribution < -0.4 is 5.73 Å². The fraction of sp³-hybridized carbons (Fsp3) is 0.357. The third-order valence-electron chi connectivity index (χ3n) is 3.33. The largest absolute Gasteiger partial charge is 0.472 e. The predicted molar refractivity (Wildman–Crippen MR) is 78.1 cm³/mol. The van der Waals surface area contributed by atoms with E-state index in [1.165, 1.54) is 10.6 Å². The van der Waals surface area contributed by atoms with Crippen molar-refractivity contribution in [1.82, 2.24) is 9.88 Å². The van der Waals surface area contributed by atoms with Crippen molar-refractivity contribution in [3.05, 3.63) is 40.8 Å². The van der Waals surface area contributed by atoms with Gasteiger partial charge in [0.1, 0.15) is 0 Å². The Balaban J connectivity index is 1.56. The van der Waals surface area contributed by atoms with Crippen LogP contribution in [0.3, 0.4) is 0 Å². The van der Waals surface area contributed by atoms with Crippen LogP contribution in [0.1, 0.15) is 16.1 Å². The van der Waals surface area contributed by atoms with Gasteiger partial charge in [-0.05, 0) is 12.5 Å². The Labute approximate surface area is 116 Å². The molecule has 0 unspecified atom stereocenters. The van der Waals surface area contributed by atoms with Crippen LogP contribution in [0.5, 0.6) is 0 Å². The highest BCUT2D eigenvalue weighted by atomic mass is 32.1. The average Bonchev–Trinajstić information content (AvgIpc) is 2.98. The Kier molecular flexibility index (Phi) is 3.66. The SMILES string of the molecule is Nc1nc2c(s1)CCN(C/C=C/c1ccoc1)CC2. The molecule has 0 atom stereocenters. The predicted octanol–water partition coefficient (Wildman–Crippen LogP) is 2.43. The lowest BCUT2D eigenvalue weighted by Crippen LogP contribution is -2.26. The van der Waals surface area contributed by atoms with E-state index in [0.29, 0.717) is 5.13 Å². The number of rotatable bonds is 3. The summed E-state index contributed by atoms with van der Waals surface area (Å²) in [5, 5.41) is 0.707. The third kappa shape index (κ3) is 3.05. The Morgan fingerprint density at radius 1 is 1.42 bits per heavy atom. The second-order valence-electron chi connectivity index (χ2n) is 4.68. The van der Waals surface area contributed by atoms with Gasteiger partial charge in [-0.25, -0.2) is 4.98 Å². The van der Waals surface area contributed by atoms with Gasteiger partial charge in [-0.1, -0.05) is 12.2 Å². The van der Waals surface area contributed by atoms with Crippen molar-refractivity contribution in [3.63, 3.8) is 0 Å². The molecule has 2 N–H and O–H groups in total. The topological polar surface area (TPSA) is 55.3 Å². The fourth-order valence-corrected chi connectivity index (χ4v) is 3.19. The molecule has 1 aliphatic heterocycles. The summed E-state index contributed by atoms with van der Waals surface area (Å²) in [6.45, 7) is 3.09. The summed E-state index contributed by atoms with van der Waals surface area (Å²) < 4.78 is 5.04. The number of aromatic nitrogens is 1. The lowest BCUT2D eigenvalue weighted by atomic mass is 10.2. The number of anilines is 1. The number of thiazole rings is 1. The summed E-state index contributed by atoms with van der Waals surface area (Å²) in [7, 11) is 0. The Hall–Kier alpha value is -1.59. The van der Waals surface area contributed by atoms with Gasteiger partial charge in [0.15, 0.2) is 5.13 Å². The van der Waals surface area contributed by atoms with Crippen molar-refractivity contribution in [2.45, 2.75) is 12.8 Å². The summed E-state index contributed by atoms with van der Waals surface area (Å²) in [4.78, 5) is 8.21. The quantitative estimate of drug-likeness (QED) is 0.934. The maximum Gasteiger partial charge on any atom is 0.180 e. The lowest BCUT2D eigenvalue weighted by molar-refractivity contribution is 0.318. The summed E-state index contributed by atoms with van der Waals surface area (Å²) in [5.74, 6) is 0. The van der Waals surface area contributed by atoms with Crippen LogP contribution in [0, 0.1) is 0 Å². The van der Waals surface area contributed by atoms with Crippen LogP contribution in [0.15, 0.2) is 29.1 Å². The fourth-order valence-electron chi connectivity index (χ4n) is 2.32. The highest BCUT2D eigenvalue weighted by Gasteiger charge is 2.16. The van der Waals surface area contributed by atoms with E-state index in [2.05, 4.69) is 22.0 Å². The van der Waals surface area contributed by atoms with Gasteiger partial charge >= 0.3 is 0 Å². The second-order valence-corrected chi connectivity index (χ2v) is 5.80. The van der Waals surface area contributed by atoms with Gasteiger partial charge in [-0.15, -0.1) is 11.3 Å². The number of hydrogen-bond acceptors (Lipinski definition) is 5. The van der Waals surface area contributed by atoms with Gasteiger partial charge in [-0.2, -0.15) is 0 Å². The maximum atomic E-state index is 5.75. The number of furan rings is 1. The Bertz CT molecular complexity index is 534. The molecule has 0 fully saturated rings. The normalized spacial score (nSPS) is 16.6. The van der Waals surface area contributed by atoms with Gasteiger partial charge in [0.25, 0.3) is 0 Å². The molecule has 4 nitrogen and oxygen atoms in total. The van der Waals surface area contributed by atoms with Crippen molar-refractivity contribution in [2.24, 2.45) is 0 Å². The first kappa shape index (κ1) is 12.4. The molecule has 0 bridgehead atoms. The molecular formula is C14H17N3OS. The standard InChI is InChI=1S/C14H17N3OS/c15-14-16-12-3-7-17(8-4-13(12)19-14)6-1-2-11-5-9-18-10-11/h1-2,5,9-10H,3-4,6-8H2,(H2,15,16)/b2-1+. The summed E-state index contributed by atoms with van der Waals surface area (Å²) in [5.41, 5.74) is 8.06. The monoisotopic (exact) mass is 275 g/mol. The summed E-state index contributed by atoms with van der Waals surface area (Å²) >= 11 is 1.64. The molecule has 0 aromatic carbocycles. The van der Waals surface area contributed by atoms with Crippen molar-refractivity contribution in [1.29, 1.82) is 0 Å². The molecule has 100 valence electrons. The zero-order chi connectivity index (χ0) is 13.1. The van der Waals surface area contributed by atoms with Gasteiger partial charge in [0.05, 0.1) is 18.2 Å². The lowest BCUT2D eigenvalue weighted by Gasteiger charge is -2.17. The summed E-state index contributed by atoms with van der Waals surface area (Å²) in [6, 6.07) is 1.96. The van der Waals surface area contributed by atoms with Gasteiger partial charge in [-0.3, -0.25) is 4.90 Å².